The van der Waals surface area contributed by atoms with E-state index in [1.54, 1.807) is 0 Å². The zero-order valence-electron chi connectivity index (χ0n) is 12.8. The summed E-state index contributed by atoms with van der Waals surface area (Å²) >= 11 is 0. The molecule has 1 aliphatic carbocycles. The van der Waals surface area contributed by atoms with Crippen LogP contribution in [0.2, 0.25) is 0 Å². The number of hydrogen-bond acceptors (Lipinski definition) is 5. The van der Waals surface area contributed by atoms with E-state index in [1.165, 1.54) is 0 Å². The van der Waals surface area contributed by atoms with Gasteiger partial charge in [0.15, 0.2) is 0 Å². The Labute approximate surface area is 128 Å². The predicted octanol–water partition coefficient (Wildman–Crippen LogP) is 3.49. The minimum atomic E-state index is -0.000136. The number of fused-ring (bicyclic) bond motifs is 1. The maximum Gasteiger partial charge on any atom is 0.316 e. The molecule has 6 heteroatoms. The molecule has 2 heterocycles. The number of rotatable bonds is 5. The molecule has 0 radical (unpaired) electrons. The number of imidazole rings is 1. The van der Waals surface area contributed by atoms with Crippen molar-refractivity contribution in [3.05, 3.63) is 36.0 Å². The minimum Gasteiger partial charge on any atom is -0.408 e. The monoisotopic (exact) mass is 297 g/mol. The van der Waals surface area contributed by atoms with Crippen LogP contribution in [0.1, 0.15) is 50.4 Å². The highest BCUT2D eigenvalue weighted by Gasteiger charge is 2.29. The summed E-state index contributed by atoms with van der Waals surface area (Å²) in [5.41, 5.74) is 2.16. The Balaban J connectivity index is 1.62. The van der Waals surface area contributed by atoms with Gasteiger partial charge in [-0.25, -0.2) is 4.98 Å². The molecule has 22 heavy (non-hydrogen) atoms. The normalized spacial score (nSPS) is 16.1. The summed E-state index contributed by atoms with van der Waals surface area (Å²) in [7, 11) is 0. The molecular formula is C16H19N5O. The van der Waals surface area contributed by atoms with Gasteiger partial charge in [0.1, 0.15) is 5.82 Å². The topological polar surface area (TPSA) is 68.8 Å². The molecule has 3 aromatic rings. The Kier molecular flexibility index (Phi) is 3.10. The summed E-state index contributed by atoms with van der Waals surface area (Å²) in [6.07, 6.45) is 2.31. The molecule has 1 N–H and O–H groups in total. The lowest BCUT2D eigenvalue weighted by Gasteiger charge is -2.13. The van der Waals surface area contributed by atoms with Gasteiger partial charge in [-0.3, -0.25) is 0 Å². The van der Waals surface area contributed by atoms with Crippen LogP contribution >= 0.6 is 0 Å². The molecule has 1 atom stereocenters. The van der Waals surface area contributed by atoms with Gasteiger partial charge in [0, 0.05) is 12.5 Å². The number of anilines is 1. The van der Waals surface area contributed by atoms with Crippen LogP contribution in [0.15, 0.2) is 28.7 Å². The summed E-state index contributed by atoms with van der Waals surface area (Å²) in [4.78, 5) is 4.74. The average molecular weight is 297 g/mol. The second-order valence-electron chi connectivity index (χ2n) is 5.79. The molecule has 0 amide bonds. The highest BCUT2D eigenvalue weighted by atomic mass is 16.4. The second kappa shape index (κ2) is 5.12. The lowest BCUT2D eigenvalue weighted by Crippen LogP contribution is -2.13. The first-order valence-electron chi connectivity index (χ1n) is 7.81. The molecule has 1 aliphatic rings. The molecule has 1 unspecified atom stereocenters. The van der Waals surface area contributed by atoms with Gasteiger partial charge < -0.3 is 14.3 Å². The number of benzene rings is 1. The maximum atomic E-state index is 5.68. The van der Waals surface area contributed by atoms with Crippen LogP contribution in [0.5, 0.6) is 0 Å². The third-order valence-corrected chi connectivity index (χ3v) is 4.09. The van der Waals surface area contributed by atoms with Crippen molar-refractivity contribution in [3.8, 4) is 0 Å². The highest BCUT2D eigenvalue weighted by molar-refractivity contribution is 5.76. The van der Waals surface area contributed by atoms with Crippen LogP contribution < -0.4 is 5.32 Å². The number of aromatic nitrogens is 4. The molecule has 2 aromatic heterocycles. The van der Waals surface area contributed by atoms with Crippen LogP contribution in [0.25, 0.3) is 11.0 Å². The van der Waals surface area contributed by atoms with E-state index in [1.807, 2.05) is 18.2 Å². The fourth-order valence-corrected chi connectivity index (χ4v) is 2.79. The lowest BCUT2D eigenvalue weighted by atomic mass is 10.3. The number of hydrogen-bond donors (Lipinski definition) is 1. The zero-order chi connectivity index (χ0) is 15.1. The van der Waals surface area contributed by atoms with E-state index < -0.39 is 0 Å². The van der Waals surface area contributed by atoms with Gasteiger partial charge in [-0.15, -0.1) is 5.10 Å². The Hall–Kier alpha value is -2.37. The maximum absolute atomic E-state index is 5.68. The van der Waals surface area contributed by atoms with E-state index in [2.05, 4.69) is 40.0 Å². The molecule has 0 spiro atoms. The van der Waals surface area contributed by atoms with E-state index in [-0.39, 0.29) is 6.04 Å². The van der Waals surface area contributed by atoms with Gasteiger partial charge >= 0.3 is 6.01 Å². The van der Waals surface area contributed by atoms with E-state index in [4.69, 9.17) is 9.40 Å². The molecule has 1 aromatic carbocycles. The van der Waals surface area contributed by atoms with Crippen LogP contribution in [-0.4, -0.2) is 19.7 Å². The van der Waals surface area contributed by atoms with E-state index in [0.717, 1.165) is 42.1 Å². The summed E-state index contributed by atoms with van der Waals surface area (Å²) < 4.78 is 7.89. The molecular weight excluding hydrogens is 278 g/mol. The van der Waals surface area contributed by atoms with Gasteiger partial charge in [-0.05, 0) is 38.8 Å². The summed E-state index contributed by atoms with van der Waals surface area (Å²) in [6.45, 7) is 5.07. The lowest BCUT2D eigenvalue weighted by molar-refractivity contribution is 0.500. The number of aryl methyl sites for hydroxylation is 1. The SMILES string of the molecule is CCn1c(C(C)Nc2nnc(C3CC3)o2)nc2ccccc21. The third kappa shape index (κ3) is 2.24. The molecule has 4 rings (SSSR count). The number of nitrogens with zero attached hydrogens (tertiary/aromatic N) is 4. The Morgan fingerprint density at radius 3 is 2.91 bits per heavy atom. The van der Waals surface area contributed by atoms with Crippen molar-refractivity contribution in [2.24, 2.45) is 0 Å². The highest BCUT2D eigenvalue weighted by Crippen LogP contribution is 2.39. The van der Waals surface area contributed by atoms with Crippen LogP contribution in [0.4, 0.5) is 6.01 Å². The molecule has 6 nitrogen and oxygen atoms in total. The van der Waals surface area contributed by atoms with Gasteiger partial charge in [0.25, 0.3) is 0 Å². The second-order valence-corrected chi connectivity index (χ2v) is 5.79. The average Bonchev–Trinajstić information content (AvgIpc) is 3.16. The van der Waals surface area contributed by atoms with Gasteiger partial charge in [-0.2, -0.15) is 0 Å². The summed E-state index contributed by atoms with van der Waals surface area (Å²) in [5.74, 6) is 2.20. The van der Waals surface area contributed by atoms with Crippen molar-refractivity contribution in [1.29, 1.82) is 0 Å². The third-order valence-electron chi connectivity index (χ3n) is 4.09. The Morgan fingerprint density at radius 1 is 1.32 bits per heavy atom. The molecule has 0 bridgehead atoms. The van der Waals surface area contributed by atoms with E-state index in [0.29, 0.717) is 11.9 Å². The van der Waals surface area contributed by atoms with Crippen LogP contribution in [0.3, 0.4) is 0 Å². The molecule has 0 aliphatic heterocycles. The fraction of sp³-hybridized carbons (Fsp3) is 0.438. The largest absolute Gasteiger partial charge is 0.408 e. The Bertz CT molecular complexity index is 802. The standard InChI is InChI=1S/C16H19N5O/c1-3-21-13-7-5-4-6-12(13)18-14(21)10(2)17-16-20-19-15(22-16)11-8-9-11/h4-7,10-11H,3,8-9H2,1-2H3,(H,17,20). The molecule has 114 valence electrons. The van der Waals surface area contributed by atoms with Crippen molar-refractivity contribution in [2.45, 2.75) is 45.2 Å². The van der Waals surface area contributed by atoms with Gasteiger partial charge in [0.2, 0.25) is 5.89 Å². The summed E-state index contributed by atoms with van der Waals surface area (Å²) in [6, 6.07) is 8.66. The first-order chi connectivity index (χ1) is 10.8. The van der Waals surface area contributed by atoms with Gasteiger partial charge in [0.05, 0.1) is 17.1 Å². The molecule has 1 fully saturated rings. The van der Waals surface area contributed by atoms with Crippen molar-refractivity contribution < 1.29 is 4.42 Å². The first kappa shape index (κ1) is 13.3. The predicted molar refractivity (Wildman–Crippen MR) is 83.7 cm³/mol. The van der Waals surface area contributed by atoms with Crippen LogP contribution in [0, 0.1) is 0 Å². The quantitative estimate of drug-likeness (QED) is 0.780. The van der Waals surface area contributed by atoms with Crippen molar-refractivity contribution in [3.63, 3.8) is 0 Å². The van der Waals surface area contributed by atoms with E-state index in [9.17, 15) is 0 Å². The number of nitrogens with one attached hydrogen (secondary N) is 1. The smallest absolute Gasteiger partial charge is 0.316 e. The molecule has 0 saturated heterocycles. The minimum absolute atomic E-state index is 0.000136. The van der Waals surface area contributed by atoms with E-state index >= 15 is 0 Å². The fourth-order valence-electron chi connectivity index (χ4n) is 2.79. The Morgan fingerprint density at radius 2 is 2.14 bits per heavy atom. The molecule has 1 saturated carbocycles. The van der Waals surface area contributed by atoms with Crippen LogP contribution in [-0.2, 0) is 6.54 Å². The van der Waals surface area contributed by atoms with Crippen molar-refractivity contribution in [1.82, 2.24) is 19.7 Å². The van der Waals surface area contributed by atoms with Crippen molar-refractivity contribution in [2.75, 3.05) is 5.32 Å². The summed E-state index contributed by atoms with van der Waals surface area (Å²) in [5, 5.41) is 11.5. The first-order valence-corrected chi connectivity index (χ1v) is 7.81. The zero-order valence-corrected chi connectivity index (χ0v) is 12.8. The van der Waals surface area contributed by atoms with Gasteiger partial charge in [-0.1, -0.05) is 17.2 Å². The van der Waals surface area contributed by atoms with Crippen molar-refractivity contribution >= 4 is 17.0 Å². The number of para-hydroxylation sites is 2.